The molecule has 0 aliphatic rings. The topological polar surface area (TPSA) is 87.2 Å². The van der Waals surface area contributed by atoms with Crippen LogP contribution in [0, 0.1) is 0 Å². The predicted octanol–water partition coefficient (Wildman–Crippen LogP) is 4.77. The van der Waals surface area contributed by atoms with Crippen molar-refractivity contribution >= 4 is 69.1 Å². The summed E-state index contributed by atoms with van der Waals surface area (Å²) in [6.45, 7) is 2.30. The Labute approximate surface area is 193 Å². The highest BCUT2D eigenvalue weighted by Crippen LogP contribution is 2.29. The molecular weight excluding hydrogens is 457 g/mol. The highest BCUT2D eigenvalue weighted by molar-refractivity contribution is 7.14. The Morgan fingerprint density at radius 1 is 1.19 bits per heavy atom. The van der Waals surface area contributed by atoms with E-state index in [1.54, 1.807) is 17.5 Å². The molecule has 0 bridgehead atoms. The highest BCUT2D eigenvalue weighted by atomic mass is 35.5. The minimum atomic E-state index is -0.266. The maximum absolute atomic E-state index is 12.1. The van der Waals surface area contributed by atoms with Crippen molar-refractivity contribution in [3.8, 4) is 0 Å². The van der Waals surface area contributed by atoms with Crippen LogP contribution in [0.1, 0.15) is 12.6 Å². The van der Waals surface area contributed by atoms with Gasteiger partial charge in [0.2, 0.25) is 11.8 Å². The van der Waals surface area contributed by atoms with E-state index in [0.717, 1.165) is 5.69 Å². The molecule has 0 radical (unpaired) electrons. The normalized spacial score (nSPS) is 10.8. The van der Waals surface area contributed by atoms with Crippen molar-refractivity contribution in [2.75, 3.05) is 23.3 Å². The molecule has 160 valence electrons. The van der Waals surface area contributed by atoms with E-state index in [4.69, 9.17) is 23.2 Å². The molecule has 7 nitrogen and oxygen atoms in total. The van der Waals surface area contributed by atoms with Crippen LogP contribution in [0.3, 0.4) is 0 Å². The third-order valence-corrected chi connectivity index (χ3v) is 5.30. The van der Waals surface area contributed by atoms with E-state index in [0.29, 0.717) is 39.8 Å². The van der Waals surface area contributed by atoms with E-state index in [9.17, 15) is 9.59 Å². The highest BCUT2D eigenvalue weighted by Gasteiger charge is 2.17. The molecule has 31 heavy (non-hydrogen) atoms. The van der Waals surface area contributed by atoms with Crippen molar-refractivity contribution in [3.63, 3.8) is 0 Å². The summed E-state index contributed by atoms with van der Waals surface area (Å²) in [4.78, 5) is 34.2. The first-order valence-electron chi connectivity index (χ1n) is 9.26. The number of hydrogen-bond acceptors (Lipinski definition) is 6. The zero-order valence-corrected chi connectivity index (χ0v) is 18.8. The second-order valence-corrected chi connectivity index (χ2v) is 7.96. The summed E-state index contributed by atoms with van der Waals surface area (Å²) in [5.41, 5.74) is 1.33. The van der Waals surface area contributed by atoms with E-state index in [1.807, 2.05) is 30.3 Å². The first-order chi connectivity index (χ1) is 14.9. The van der Waals surface area contributed by atoms with Crippen molar-refractivity contribution < 1.29 is 9.59 Å². The third kappa shape index (κ3) is 6.52. The fourth-order valence-corrected chi connectivity index (χ4v) is 3.89. The lowest BCUT2D eigenvalue weighted by Crippen LogP contribution is -2.27. The fraction of sp³-hybridized carbons (Fsp3) is 0.143. The van der Waals surface area contributed by atoms with E-state index >= 15 is 0 Å². The molecule has 2 N–H and O–H groups in total. The number of carbonyl (C=O) groups is 2. The molecule has 0 aliphatic carbocycles. The van der Waals surface area contributed by atoms with Crippen molar-refractivity contribution in [1.29, 1.82) is 0 Å². The molecule has 2 heterocycles. The zero-order chi connectivity index (χ0) is 22.2. The average Bonchev–Trinajstić information content (AvgIpc) is 3.20. The number of rotatable bonds is 8. The summed E-state index contributed by atoms with van der Waals surface area (Å²) in [6.07, 6.45) is 4.49. The Morgan fingerprint density at radius 3 is 2.68 bits per heavy atom. The maximum Gasteiger partial charge on any atom is 0.244 e. The van der Waals surface area contributed by atoms with Gasteiger partial charge in [-0.2, -0.15) is 0 Å². The van der Waals surface area contributed by atoms with Crippen LogP contribution in [0.4, 0.5) is 16.6 Å². The Kier molecular flexibility index (Phi) is 8.00. The second kappa shape index (κ2) is 10.9. The van der Waals surface area contributed by atoms with Gasteiger partial charge in [-0.15, -0.1) is 11.3 Å². The summed E-state index contributed by atoms with van der Waals surface area (Å²) < 4.78 is 0. The molecule has 1 aromatic carbocycles. The van der Waals surface area contributed by atoms with Crippen LogP contribution in [0.2, 0.25) is 10.0 Å². The minimum Gasteiger partial charge on any atom is -0.367 e. The molecule has 10 heteroatoms. The number of halogens is 2. The molecule has 0 aliphatic heterocycles. The van der Waals surface area contributed by atoms with Gasteiger partial charge >= 0.3 is 0 Å². The summed E-state index contributed by atoms with van der Waals surface area (Å²) in [5, 5.41) is 8.96. The summed E-state index contributed by atoms with van der Waals surface area (Å²) in [7, 11) is 0. The van der Waals surface area contributed by atoms with Crippen LogP contribution in [0.5, 0.6) is 0 Å². The van der Waals surface area contributed by atoms with Crippen molar-refractivity contribution in [3.05, 3.63) is 69.8 Å². The Morgan fingerprint density at radius 2 is 1.97 bits per heavy atom. The molecular formula is C21H19Cl2N5O2S. The Hall–Kier alpha value is -2.94. The lowest BCUT2D eigenvalue weighted by atomic mass is 10.3. The van der Waals surface area contributed by atoms with Crippen LogP contribution in [0.15, 0.2) is 54.1 Å². The molecule has 0 unspecified atom stereocenters. The first kappa shape index (κ1) is 22.7. The van der Waals surface area contributed by atoms with Gasteiger partial charge in [0.15, 0.2) is 5.13 Å². The van der Waals surface area contributed by atoms with Crippen LogP contribution in [0.25, 0.3) is 6.08 Å². The number of benzene rings is 1. The number of pyridine rings is 1. The molecule has 3 aromatic rings. The van der Waals surface area contributed by atoms with Crippen LogP contribution < -0.4 is 15.5 Å². The summed E-state index contributed by atoms with van der Waals surface area (Å²) in [6, 6.07) is 10.9. The maximum atomic E-state index is 12.1. The number of thiazole rings is 1. The standard InChI is InChI=1S/C21H19Cl2N5O2S/c1-14(29)28(17-5-3-2-4-6-17)21-27-16(13-31-21)7-8-19(30)24-9-10-25-20-18(23)11-15(22)12-26-20/h2-8,11-13H,9-10H2,1H3,(H,24,30)(H,25,26)/b8-7+. The molecule has 0 spiro atoms. The van der Waals surface area contributed by atoms with Gasteiger partial charge in [-0.25, -0.2) is 9.97 Å². The second-order valence-electron chi connectivity index (χ2n) is 6.28. The van der Waals surface area contributed by atoms with Crippen molar-refractivity contribution in [2.45, 2.75) is 6.92 Å². The van der Waals surface area contributed by atoms with Gasteiger partial charge in [-0.1, -0.05) is 41.4 Å². The molecule has 0 fully saturated rings. The van der Waals surface area contributed by atoms with Crippen LogP contribution in [-0.2, 0) is 9.59 Å². The molecule has 0 saturated carbocycles. The minimum absolute atomic E-state index is 0.142. The number of para-hydroxylation sites is 1. The molecule has 2 amide bonds. The lowest BCUT2D eigenvalue weighted by molar-refractivity contribution is -0.117. The molecule has 2 aromatic heterocycles. The van der Waals surface area contributed by atoms with Gasteiger partial charge in [-0.05, 0) is 24.3 Å². The van der Waals surface area contributed by atoms with Gasteiger partial charge in [0, 0.05) is 37.7 Å². The van der Waals surface area contributed by atoms with Gasteiger partial charge in [-0.3, -0.25) is 14.5 Å². The number of anilines is 3. The number of amides is 2. The Balaban J connectivity index is 1.52. The van der Waals surface area contributed by atoms with Gasteiger partial charge in [0.25, 0.3) is 0 Å². The fourth-order valence-electron chi connectivity index (χ4n) is 2.59. The SMILES string of the molecule is CC(=O)N(c1ccccc1)c1nc(/C=C/C(=O)NCCNc2ncc(Cl)cc2Cl)cs1. The van der Waals surface area contributed by atoms with Crippen molar-refractivity contribution in [1.82, 2.24) is 15.3 Å². The monoisotopic (exact) mass is 475 g/mol. The zero-order valence-electron chi connectivity index (χ0n) is 16.5. The lowest BCUT2D eigenvalue weighted by Gasteiger charge is -2.17. The third-order valence-electron chi connectivity index (χ3n) is 3.96. The van der Waals surface area contributed by atoms with Gasteiger partial charge in [0.05, 0.1) is 21.4 Å². The Bertz CT molecular complexity index is 1090. The van der Waals surface area contributed by atoms with E-state index in [1.165, 1.54) is 35.4 Å². The average molecular weight is 476 g/mol. The van der Waals surface area contributed by atoms with Gasteiger partial charge in [0.1, 0.15) is 5.82 Å². The molecule has 3 rings (SSSR count). The predicted molar refractivity (Wildman–Crippen MR) is 126 cm³/mol. The quantitative estimate of drug-likeness (QED) is 0.361. The van der Waals surface area contributed by atoms with Gasteiger partial charge < -0.3 is 10.6 Å². The summed E-state index contributed by atoms with van der Waals surface area (Å²) in [5.74, 6) is 0.0916. The number of hydrogen-bond donors (Lipinski definition) is 2. The van der Waals surface area contributed by atoms with E-state index in [-0.39, 0.29) is 11.8 Å². The number of aromatic nitrogens is 2. The summed E-state index contributed by atoms with van der Waals surface area (Å²) >= 11 is 13.2. The van der Waals surface area contributed by atoms with E-state index in [2.05, 4.69) is 20.6 Å². The van der Waals surface area contributed by atoms with Crippen LogP contribution in [-0.4, -0.2) is 34.9 Å². The smallest absolute Gasteiger partial charge is 0.244 e. The molecule has 0 saturated heterocycles. The van der Waals surface area contributed by atoms with Crippen molar-refractivity contribution in [2.24, 2.45) is 0 Å². The number of carbonyl (C=O) groups excluding carboxylic acids is 2. The first-order valence-corrected chi connectivity index (χ1v) is 10.9. The van der Waals surface area contributed by atoms with E-state index < -0.39 is 0 Å². The number of nitrogens with zero attached hydrogens (tertiary/aromatic N) is 3. The largest absolute Gasteiger partial charge is 0.367 e. The number of nitrogens with one attached hydrogen (secondary N) is 2. The van der Waals surface area contributed by atoms with Crippen LogP contribution >= 0.6 is 34.5 Å². The molecule has 0 atom stereocenters.